The van der Waals surface area contributed by atoms with Crippen molar-refractivity contribution in [3.8, 4) is 17.2 Å². The van der Waals surface area contributed by atoms with E-state index in [4.69, 9.17) is 14.2 Å². The molecule has 0 radical (unpaired) electrons. The van der Waals surface area contributed by atoms with Crippen molar-refractivity contribution in [3.05, 3.63) is 17.7 Å². The van der Waals surface area contributed by atoms with E-state index in [0.717, 1.165) is 12.0 Å². The predicted octanol–water partition coefficient (Wildman–Crippen LogP) is 2.83. The van der Waals surface area contributed by atoms with Gasteiger partial charge in [-0.05, 0) is 30.0 Å². The molecule has 0 saturated carbocycles. The first-order chi connectivity index (χ1) is 13.9. The summed E-state index contributed by atoms with van der Waals surface area (Å²) in [6.07, 6.45) is 1.34. The minimum absolute atomic E-state index is 0.0227. The van der Waals surface area contributed by atoms with Gasteiger partial charge in [0.2, 0.25) is 17.6 Å². The van der Waals surface area contributed by atoms with E-state index >= 15 is 0 Å². The van der Waals surface area contributed by atoms with Crippen molar-refractivity contribution in [2.75, 3.05) is 41.0 Å². The van der Waals surface area contributed by atoms with Crippen LogP contribution in [0.15, 0.2) is 12.1 Å². The second-order valence-electron chi connectivity index (χ2n) is 7.86. The van der Waals surface area contributed by atoms with Gasteiger partial charge in [0.25, 0.3) is 0 Å². The molecule has 0 spiro atoms. The second kappa shape index (κ2) is 10.4. The zero-order chi connectivity index (χ0) is 21.6. The normalized spacial score (nSPS) is 18.7. The van der Waals surface area contributed by atoms with Gasteiger partial charge >= 0.3 is 0 Å². The van der Waals surface area contributed by atoms with E-state index in [-0.39, 0.29) is 29.6 Å². The maximum absolute atomic E-state index is 12.9. The largest absolute Gasteiger partial charge is 0.493 e. The molecule has 2 atom stereocenters. The Kier molecular flexibility index (Phi) is 8.17. The summed E-state index contributed by atoms with van der Waals surface area (Å²) in [6, 6.07) is 3.76. The van der Waals surface area contributed by atoms with Gasteiger partial charge in [-0.3, -0.25) is 9.59 Å². The summed E-state index contributed by atoms with van der Waals surface area (Å²) in [4.78, 5) is 27.4. The molecule has 7 nitrogen and oxygen atoms in total. The lowest BCUT2D eigenvalue weighted by Crippen LogP contribution is -2.36. The van der Waals surface area contributed by atoms with Crippen molar-refractivity contribution in [1.29, 1.82) is 0 Å². The fourth-order valence-electron chi connectivity index (χ4n) is 3.78. The molecular formula is C22H34N2O5. The van der Waals surface area contributed by atoms with Crippen molar-refractivity contribution in [1.82, 2.24) is 10.2 Å². The quantitative estimate of drug-likeness (QED) is 0.682. The summed E-state index contributed by atoms with van der Waals surface area (Å²) in [5.74, 6) is 1.47. The molecule has 1 saturated heterocycles. The van der Waals surface area contributed by atoms with Crippen LogP contribution in [-0.2, 0) is 9.59 Å². The molecule has 0 aliphatic carbocycles. The minimum Gasteiger partial charge on any atom is -0.493 e. The van der Waals surface area contributed by atoms with Crippen molar-refractivity contribution < 1.29 is 23.8 Å². The number of carbonyl (C=O) groups excluding carboxylic acids is 2. The lowest BCUT2D eigenvalue weighted by Gasteiger charge is -2.21. The number of carbonyl (C=O) groups is 2. The molecule has 7 heteroatoms. The monoisotopic (exact) mass is 406 g/mol. The number of likely N-dealkylation sites (tertiary alicyclic amines) is 1. The molecule has 0 bridgehead atoms. The second-order valence-corrected chi connectivity index (χ2v) is 7.86. The van der Waals surface area contributed by atoms with E-state index in [0.29, 0.717) is 43.3 Å². The van der Waals surface area contributed by atoms with Crippen LogP contribution in [0.1, 0.15) is 45.1 Å². The SMILES string of the molecule is CCCNC(=O)[C@H]1CN(C(=O)CC(C)C)C[C@H]1c1cc(OC)c(OC)c(OC)c1. The van der Waals surface area contributed by atoms with Crippen LogP contribution in [0.4, 0.5) is 0 Å². The molecule has 2 amide bonds. The van der Waals surface area contributed by atoms with Crippen LogP contribution in [-0.4, -0.2) is 57.7 Å². The van der Waals surface area contributed by atoms with Crippen LogP contribution < -0.4 is 19.5 Å². The van der Waals surface area contributed by atoms with Gasteiger partial charge in [0.1, 0.15) is 0 Å². The van der Waals surface area contributed by atoms with Crippen molar-refractivity contribution in [3.63, 3.8) is 0 Å². The summed E-state index contributed by atoms with van der Waals surface area (Å²) < 4.78 is 16.4. The average Bonchev–Trinajstić information content (AvgIpc) is 3.16. The number of hydrogen-bond acceptors (Lipinski definition) is 5. The maximum atomic E-state index is 12.9. The molecule has 1 fully saturated rings. The van der Waals surface area contributed by atoms with Crippen LogP contribution in [0.2, 0.25) is 0 Å². The van der Waals surface area contributed by atoms with E-state index in [2.05, 4.69) is 5.32 Å². The van der Waals surface area contributed by atoms with Gasteiger partial charge in [-0.1, -0.05) is 20.8 Å². The molecule has 1 aliphatic heterocycles. The van der Waals surface area contributed by atoms with Gasteiger partial charge in [-0.2, -0.15) is 0 Å². The summed E-state index contributed by atoms with van der Waals surface area (Å²) in [5, 5.41) is 2.99. The predicted molar refractivity (Wildman–Crippen MR) is 112 cm³/mol. The molecule has 1 heterocycles. The molecule has 0 unspecified atom stereocenters. The van der Waals surface area contributed by atoms with Crippen molar-refractivity contribution >= 4 is 11.8 Å². The molecule has 29 heavy (non-hydrogen) atoms. The van der Waals surface area contributed by atoms with Gasteiger partial charge in [0.15, 0.2) is 11.5 Å². The molecular weight excluding hydrogens is 372 g/mol. The van der Waals surface area contributed by atoms with E-state index in [1.165, 1.54) is 0 Å². The van der Waals surface area contributed by atoms with Gasteiger partial charge in [0.05, 0.1) is 27.2 Å². The molecule has 1 aromatic rings. The molecule has 162 valence electrons. The number of ether oxygens (including phenoxy) is 3. The highest BCUT2D eigenvalue weighted by molar-refractivity contribution is 5.83. The highest BCUT2D eigenvalue weighted by atomic mass is 16.5. The maximum Gasteiger partial charge on any atom is 0.225 e. The van der Waals surface area contributed by atoms with E-state index in [1.54, 1.807) is 21.3 Å². The Labute approximate surface area is 173 Å². The summed E-state index contributed by atoms with van der Waals surface area (Å²) in [6.45, 7) is 7.60. The first-order valence-electron chi connectivity index (χ1n) is 10.2. The molecule has 1 N–H and O–H groups in total. The Hall–Kier alpha value is -2.44. The van der Waals surface area contributed by atoms with Gasteiger partial charge in [0, 0.05) is 32.0 Å². The topological polar surface area (TPSA) is 77.1 Å². The van der Waals surface area contributed by atoms with Crippen molar-refractivity contribution in [2.24, 2.45) is 11.8 Å². The number of nitrogens with zero attached hydrogens (tertiary/aromatic N) is 1. The van der Waals surface area contributed by atoms with Gasteiger partial charge in [-0.15, -0.1) is 0 Å². The van der Waals surface area contributed by atoms with Gasteiger partial charge < -0.3 is 24.4 Å². The Morgan fingerprint density at radius 2 is 1.72 bits per heavy atom. The minimum atomic E-state index is -0.319. The summed E-state index contributed by atoms with van der Waals surface area (Å²) in [5.41, 5.74) is 0.899. The number of rotatable bonds is 9. The first-order valence-corrected chi connectivity index (χ1v) is 10.2. The zero-order valence-electron chi connectivity index (χ0n) is 18.4. The van der Waals surface area contributed by atoms with E-state index in [1.807, 2.05) is 37.8 Å². The third-order valence-electron chi connectivity index (χ3n) is 5.26. The lowest BCUT2D eigenvalue weighted by molar-refractivity contribution is -0.131. The number of amides is 2. The fraction of sp³-hybridized carbons (Fsp3) is 0.636. The molecule has 1 aliphatic rings. The highest BCUT2D eigenvalue weighted by Gasteiger charge is 2.41. The summed E-state index contributed by atoms with van der Waals surface area (Å²) in [7, 11) is 4.70. The van der Waals surface area contributed by atoms with Gasteiger partial charge in [-0.25, -0.2) is 0 Å². The first kappa shape index (κ1) is 22.8. The van der Waals surface area contributed by atoms with Crippen LogP contribution in [0.5, 0.6) is 17.2 Å². The standard InChI is InChI=1S/C22H34N2O5/c1-7-8-23-22(26)17-13-24(20(25)9-14(2)3)12-16(17)15-10-18(27-4)21(29-6)19(11-15)28-5/h10-11,14,16-17H,7-9,12-13H2,1-6H3,(H,23,26)/t16-,17-/m0/s1. The summed E-state index contributed by atoms with van der Waals surface area (Å²) >= 11 is 0. The average molecular weight is 407 g/mol. The Balaban J connectivity index is 2.39. The third kappa shape index (κ3) is 5.34. The smallest absolute Gasteiger partial charge is 0.225 e. The Bertz CT molecular complexity index is 694. The van der Waals surface area contributed by atoms with Crippen LogP contribution in [0.3, 0.4) is 0 Å². The number of benzene rings is 1. The van der Waals surface area contributed by atoms with Crippen LogP contribution in [0, 0.1) is 11.8 Å². The van der Waals surface area contributed by atoms with Crippen LogP contribution >= 0.6 is 0 Å². The van der Waals surface area contributed by atoms with E-state index < -0.39 is 0 Å². The van der Waals surface area contributed by atoms with E-state index in [9.17, 15) is 9.59 Å². The number of methoxy groups -OCH3 is 3. The third-order valence-corrected chi connectivity index (χ3v) is 5.26. The number of hydrogen-bond donors (Lipinski definition) is 1. The Morgan fingerprint density at radius 3 is 2.21 bits per heavy atom. The molecule has 0 aromatic heterocycles. The highest BCUT2D eigenvalue weighted by Crippen LogP contribution is 2.43. The zero-order valence-corrected chi connectivity index (χ0v) is 18.4. The van der Waals surface area contributed by atoms with Crippen LogP contribution in [0.25, 0.3) is 0 Å². The molecule has 1 aromatic carbocycles. The molecule has 2 rings (SSSR count). The number of nitrogens with one attached hydrogen (secondary N) is 1. The lowest BCUT2D eigenvalue weighted by atomic mass is 9.88. The Morgan fingerprint density at radius 1 is 1.10 bits per heavy atom. The van der Waals surface area contributed by atoms with Crippen molar-refractivity contribution in [2.45, 2.75) is 39.5 Å². The fourth-order valence-corrected chi connectivity index (χ4v) is 3.78.